The monoisotopic (exact) mass is 246 g/mol. The molecule has 0 bridgehead atoms. The largest absolute Gasteiger partial charge is 0.451 e. The maximum absolute atomic E-state index is 11.2. The van der Waals surface area contributed by atoms with Crippen LogP contribution in [0.1, 0.15) is 0 Å². The van der Waals surface area contributed by atoms with Crippen LogP contribution < -0.4 is 0 Å². The van der Waals surface area contributed by atoms with Crippen LogP contribution in [0.3, 0.4) is 0 Å². The summed E-state index contributed by atoms with van der Waals surface area (Å²) < 4.78 is 4.59. The molecule has 4 N–H and O–H groups in total. The summed E-state index contributed by atoms with van der Waals surface area (Å²) in [6, 6.07) is 0. The number of rotatable bonds is 8. The molecule has 0 radical (unpaired) electrons. The number of hydrogen-bond acceptors (Lipinski definition) is 7. The number of Topliss-reactive ketones (excluding diaryl/α,β-unsaturated/α-hetero) is 2. The lowest BCUT2D eigenvalue weighted by atomic mass is 10.2. The van der Waals surface area contributed by atoms with Gasteiger partial charge in [0.15, 0.2) is 11.5 Å². The highest BCUT2D eigenvalue weighted by atomic mass is 16.5. The highest BCUT2D eigenvalue weighted by Gasteiger charge is 2.24. The molecule has 0 rings (SSSR count). The predicted octanol–water partition coefficient (Wildman–Crippen LogP) is -2.12. The van der Waals surface area contributed by atoms with Crippen molar-refractivity contribution in [2.75, 3.05) is 13.2 Å². The molecule has 0 fully saturated rings. The lowest BCUT2D eigenvalue weighted by Crippen LogP contribution is -2.29. The number of ketones is 2. The Hall–Kier alpha value is -1.54. The molecule has 2 unspecified atom stereocenters. The summed E-state index contributed by atoms with van der Waals surface area (Å²) in [4.78, 5) is 22.3. The average molecular weight is 246 g/mol. The molecule has 0 heterocycles. The molecule has 17 heavy (non-hydrogen) atoms. The van der Waals surface area contributed by atoms with Crippen LogP contribution in [0, 0.1) is 0 Å². The van der Waals surface area contributed by atoms with Gasteiger partial charge in [0, 0.05) is 0 Å². The molecule has 0 saturated heterocycles. The van der Waals surface area contributed by atoms with Crippen LogP contribution in [-0.4, -0.2) is 57.4 Å². The third-order valence-corrected chi connectivity index (χ3v) is 1.75. The zero-order valence-corrected chi connectivity index (χ0v) is 9.00. The molecule has 0 aromatic heterocycles. The fourth-order valence-electron chi connectivity index (χ4n) is 0.787. The van der Waals surface area contributed by atoms with Gasteiger partial charge in [0.2, 0.25) is 11.6 Å². The predicted molar refractivity (Wildman–Crippen MR) is 55.6 cm³/mol. The van der Waals surface area contributed by atoms with Crippen molar-refractivity contribution in [3.8, 4) is 0 Å². The molecule has 0 aromatic rings. The standard InChI is InChI=1S/C10H14O7/c1-5(9(15)7(13)3-11)17-6(2)10(16)8(14)4-12/h7-8,11-14H,1-4H2. The lowest BCUT2D eigenvalue weighted by Gasteiger charge is -2.13. The Labute approximate surface area is 97.3 Å². The van der Waals surface area contributed by atoms with Gasteiger partial charge in [0.05, 0.1) is 13.2 Å². The third-order valence-electron chi connectivity index (χ3n) is 1.75. The Morgan fingerprint density at radius 2 is 1.24 bits per heavy atom. The highest BCUT2D eigenvalue weighted by Crippen LogP contribution is 2.09. The van der Waals surface area contributed by atoms with E-state index in [0.29, 0.717) is 0 Å². The number of carbonyl (C=O) groups is 2. The van der Waals surface area contributed by atoms with Gasteiger partial charge in [-0.2, -0.15) is 0 Å². The van der Waals surface area contributed by atoms with E-state index in [-0.39, 0.29) is 0 Å². The average Bonchev–Trinajstić information content (AvgIpc) is 2.34. The van der Waals surface area contributed by atoms with Crippen molar-refractivity contribution in [2.24, 2.45) is 0 Å². The molecule has 96 valence electrons. The van der Waals surface area contributed by atoms with E-state index in [1.165, 1.54) is 0 Å². The van der Waals surface area contributed by atoms with E-state index in [9.17, 15) is 9.59 Å². The smallest absolute Gasteiger partial charge is 0.228 e. The van der Waals surface area contributed by atoms with E-state index in [2.05, 4.69) is 17.9 Å². The van der Waals surface area contributed by atoms with E-state index in [1.54, 1.807) is 0 Å². The van der Waals surface area contributed by atoms with Gasteiger partial charge in [-0.15, -0.1) is 0 Å². The molecule has 0 amide bonds. The minimum absolute atomic E-state index is 0.602. The van der Waals surface area contributed by atoms with Gasteiger partial charge in [0.25, 0.3) is 0 Å². The van der Waals surface area contributed by atoms with Gasteiger partial charge in [0.1, 0.15) is 12.2 Å². The minimum atomic E-state index is -1.70. The first-order chi connectivity index (χ1) is 7.84. The Morgan fingerprint density at radius 1 is 0.941 bits per heavy atom. The van der Waals surface area contributed by atoms with Crippen molar-refractivity contribution in [1.29, 1.82) is 0 Å². The second kappa shape index (κ2) is 6.92. The molecule has 0 aromatic carbocycles. The SMILES string of the molecule is C=C(OC(=C)C(=O)C(O)CO)C(=O)C(O)CO. The zero-order chi connectivity index (χ0) is 13.6. The second-order valence-corrected chi connectivity index (χ2v) is 3.07. The number of carbonyl (C=O) groups excluding carboxylic acids is 2. The first kappa shape index (κ1) is 15.5. The van der Waals surface area contributed by atoms with Crippen LogP contribution in [0.4, 0.5) is 0 Å². The summed E-state index contributed by atoms with van der Waals surface area (Å²) >= 11 is 0. The molecule has 2 atom stereocenters. The maximum Gasteiger partial charge on any atom is 0.228 e. The van der Waals surface area contributed by atoms with Gasteiger partial charge in [-0.3, -0.25) is 9.59 Å². The molecule has 7 heteroatoms. The van der Waals surface area contributed by atoms with Crippen molar-refractivity contribution in [3.05, 3.63) is 24.7 Å². The summed E-state index contributed by atoms with van der Waals surface area (Å²) in [6.45, 7) is 4.63. The van der Waals surface area contributed by atoms with E-state index >= 15 is 0 Å². The summed E-state index contributed by atoms with van der Waals surface area (Å²) in [5, 5.41) is 34.9. The molecule has 0 saturated carbocycles. The van der Waals surface area contributed by atoms with E-state index < -0.39 is 48.5 Å². The molecular formula is C10H14O7. The first-order valence-electron chi connectivity index (χ1n) is 4.57. The van der Waals surface area contributed by atoms with Crippen molar-refractivity contribution >= 4 is 11.6 Å². The van der Waals surface area contributed by atoms with E-state index in [1.807, 2.05) is 0 Å². The van der Waals surface area contributed by atoms with Crippen molar-refractivity contribution in [2.45, 2.75) is 12.2 Å². The number of hydrogen-bond donors (Lipinski definition) is 4. The Bertz CT molecular complexity index is 302. The summed E-state index contributed by atoms with van der Waals surface area (Å²) in [6.07, 6.45) is -3.40. The maximum atomic E-state index is 11.2. The second-order valence-electron chi connectivity index (χ2n) is 3.07. The number of aliphatic hydroxyl groups is 4. The van der Waals surface area contributed by atoms with Crippen molar-refractivity contribution < 1.29 is 34.8 Å². The third kappa shape index (κ3) is 4.45. The first-order valence-corrected chi connectivity index (χ1v) is 4.57. The van der Waals surface area contributed by atoms with Crippen LogP contribution >= 0.6 is 0 Å². The van der Waals surface area contributed by atoms with Crippen LogP contribution in [0.15, 0.2) is 24.7 Å². The van der Waals surface area contributed by atoms with Crippen molar-refractivity contribution in [1.82, 2.24) is 0 Å². The van der Waals surface area contributed by atoms with Gasteiger partial charge in [-0.1, -0.05) is 13.2 Å². The van der Waals surface area contributed by atoms with Gasteiger partial charge < -0.3 is 25.2 Å². The lowest BCUT2D eigenvalue weighted by molar-refractivity contribution is -0.130. The molecule has 0 spiro atoms. The molecular weight excluding hydrogens is 232 g/mol. The summed E-state index contributed by atoms with van der Waals surface area (Å²) in [5.74, 6) is -3.23. The molecule has 0 aliphatic heterocycles. The van der Waals surface area contributed by atoms with E-state index in [4.69, 9.17) is 20.4 Å². The normalized spacial score (nSPS) is 13.6. The topological polar surface area (TPSA) is 124 Å². The highest BCUT2D eigenvalue weighted by molar-refractivity contribution is 6.00. The Kier molecular flexibility index (Phi) is 6.29. The van der Waals surface area contributed by atoms with Crippen LogP contribution in [-0.2, 0) is 14.3 Å². The number of ether oxygens (including phenoxy) is 1. The quantitative estimate of drug-likeness (QED) is 0.285. The molecule has 0 aliphatic rings. The number of aliphatic hydroxyl groups excluding tert-OH is 4. The van der Waals surface area contributed by atoms with Crippen molar-refractivity contribution in [3.63, 3.8) is 0 Å². The fourth-order valence-corrected chi connectivity index (χ4v) is 0.787. The van der Waals surface area contributed by atoms with Crippen LogP contribution in [0.5, 0.6) is 0 Å². The molecule has 0 aliphatic carbocycles. The van der Waals surface area contributed by atoms with Crippen LogP contribution in [0.25, 0.3) is 0 Å². The minimum Gasteiger partial charge on any atom is -0.451 e. The van der Waals surface area contributed by atoms with Gasteiger partial charge >= 0.3 is 0 Å². The summed E-state index contributed by atoms with van der Waals surface area (Å²) in [5.41, 5.74) is 0. The van der Waals surface area contributed by atoms with E-state index in [0.717, 1.165) is 0 Å². The van der Waals surface area contributed by atoms with Gasteiger partial charge in [-0.05, 0) is 0 Å². The Morgan fingerprint density at radius 3 is 1.47 bits per heavy atom. The molecule has 7 nitrogen and oxygen atoms in total. The fraction of sp³-hybridized carbons (Fsp3) is 0.400. The van der Waals surface area contributed by atoms with Gasteiger partial charge in [-0.25, -0.2) is 0 Å². The van der Waals surface area contributed by atoms with Crippen LogP contribution in [0.2, 0.25) is 0 Å². The zero-order valence-electron chi connectivity index (χ0n) is 9.00. The summed E-state index contributed by atoms with van der Waals surface area (Å²) in [7, 11) is 0. The Balaban J connectivity index is 4.45.